The number of rotatable bonds is 0. The van der Waals surface area contributed by atoms with Gasteiger partial charge in [0.25, 0.3) is 0 Å². The maximum absolute atomic E-state index is 9.46. The number of benzene rings is 1. The lowest BCUT2D eigenvalue weighted by atomic mass is 10.1. The average molecular weight is 161 g/mol. The Balaban J connectivity index is 2.52. The summed E-state index contributed by atoms with van der Waals surface area (Å²) < 4.78 is 0. The van der Waals surface area contributed by atoms with Crippen molar-refractivity contribution < 1.29 is 5.11 Å². The van der Waals surface area contributed by atoms with Gasteiger partial charge in [-0.25, -0.2) is 0 Å². The topological polar surface area (TPSA) is 23.5 Å². The van der Waals surface area contributed by atoms with Crippen LogP contribution in [-0.2, 0) is 0 Å². The van der Waals surface area contributed by atoms with Crippen LogP contribution in [0.1, 0.15) is 5.56 Å². The minimum absolute atomic E-state index is 0.486. The summed E-state index contributed by atoms with van der Waals surface area (Å²) in [6.07, 6.45) is 3.24. The van der Waals surface area contributed by atoms with Gasteiger partial charge in [0.15, 0.2) is 0 Å². The largest absolute Gasteiger partial charge is 0.370 e. The van der Waals surface area contributed by atoms with Crippen molar-refractivity contribution in [2.45, 2.75) is 6.23 Å². The van der Waals surface area contributed by atoms with Crippen molar-refractivity contribution in [2.75, 3.05) is 11.9 Å². The highest BCUT2D eigenvalue weighted by Gasteiger charge is 2.14. The monoisotopic (exact) mass is 161 g/mol. The number of nitrogens with zero attached hydrogens (tertiary/aromatic N) is 1. The molecule has 2 rings (SSSR count). The fourth-order valence-corrected chi connectivity index (χ4v) is 1.41. The number of aliphatic hydroxyl groups excluding tert-OH is 1. The molecule has 0 saturated heterocycles. The van der Waals surface area contributed by atoms with Crippen LogP contribution >= 0.6 is 0 Å². The molecule has 2 heteroatoms. The molecule has 0 spiro atoms. The lowest BCUT2D eigenvalue weighted by molar-refractivity contribution is 0.223. The predicted octanol–water partition coefficient (Wildman–Crippen LogP) is 1.47. The van der Waals surface area contributed by atoms with Crippen LogP contribution in [0.2, 0.25) is 0 Å². The highest BCUT2D eigenvalue weighted by Crippen LogP contribution is 2.25. The Bertz CT molecular complexity index is 319. The van der Waals surface area contributed by atoms with E-state index in [2.05, 4.69) is 0 Å². The lowest BCUT2D eigenvalue weighted by Crippen LogP contribution is -2.31. The van der Waals surface area contributed by atoms with Crippen LogP contribution in [0.3, 0.4) is 0 Å². The number of para-hydroxylation sites is 1. The van der Waals surface area contributed by atoms with Crippen LogP contribution in [0.25, 0.3) is 6.08 Å². The fourth-order valence-electron chi connectivity index (χ4n) is 1.41. The Morgan fingerprint density at radius 3 is 2.92 bits per heavy atom. The van der Waals surface area contributed by atoms with Crippen molar-refractivity contribution in [1.29, 1.82) is 0 Å². The normalized spacial score (nSPS) is 20.8. The van der Waals surface area contributed by atoms with Crippen molar-refractivity contribution >= 4 is 11.8 Å². The molecule has 0 amide bonds. The summed E-state index contributed by atoms with van der Waals surface area (Å²) in [5, 5.41) is 9.46. The first kappa shape index (κ1) is 7.37. The van der Waals surface area contributed by atoms with Crippen LogP contribution in [-0.4, -0.2) is 18.4 Å². The molecular formula is C10H11NO. The molecule has 1 N–H and O–H groups in total. The standard InChI is InChI=1S/C10H11NO/c1-11-9-5-3-2-4-8(9)6-7-10(11)12/h2-7,10,12H,1H3. The number of anilines is 1. The molecule has 1 heterocycles. The van der Waals surface area contributed by atoms with Crippen molar-refractivity contribution in [3.05, 3.63) is 35.9 Å². The van der Waals surface area contributed by atoms with Gasteiger partial charge in [0, 0.05) is 12.7 Å². The van der Waals surface area contributed by atoms with E-state index in [0.29, 0.717) is 0 Å². The fraction of sp³-hybridized carbons (Fsp3) is 0.200. The third-order valence-electron chi connectivity index (χ3n) is 2.16. The lowest BCUT2D eigenvalue weighted by Gasteiger charge is -2.28. The van der Waals surface area contributed by atoms with Crippen LogP contribution in [0, 0.1) is 0 Å². The van der Waals surface area contributed by atoms with E-state index in [1.807, 2.05) is 42.3 Å². The summed E-state index contributed by atoms with van der Waals surface area (Å²) in [4.78, 5) is 1.84. The molecule has 0 saturated carbocycles. The highest BCUT2D eigenvalue weighted by atomic mass is 16.3. The third-order valence-corrected chi connectivity index (χ3v) is 2.16. The molecule has 0 aromatic heterocycles. The molecule has 0 fully saturated rings. The summed E-state index contributed by atoms with van der Waals surface area (Å²) in [6.45, 7) is 0. The Kier molecular flexibility index (Phi) is 1.62. The molecule has 0 bridgehead atoms. The van der Waals surface area contributed by atoms with Crippen LogP contribution < -0.4 is 4.90 Å². The predicted molar refractivity (Wildman–Crippen MR) is 49.9 cm³/mol. The second kappa shape index (κ2) is 2.64. The smallest absolute Gasteiger partial charge is 0.146 e. The molecule has 62 valence electrons. The molecule has 0 aliphatic carbocycles. The molecule has 1 aromatic carbocycles. The van der Waals surface area contributed by atoms with Crippen LogP contribution in [0.4, 0.5) is 5.69 Å². The molecule has 1 unspecified atom stereocenters. The molecule has 2 nitrogen and oxygen atoms in total. The first-order valence-electron chi connectivity index (χ1n) is 3.97. The van der Waals surface area contributed by atoms with Crippen molar-refractivity contribution in [3.63, 3.8) is 0 Å². The molecule has 1 aromatic rings. The third kappa shape index (κ3) is 1.01. The first-order chi connectivity index (χ1) is 5.79. The second-order valence-electron chi connectivity index (χ2n) is 2.94. The molecule has 1 aliphatic heterocycles. The summed E-state index contributed by atoms with van der Waals surface area (Å²) in [7, 11) is 1.88. The van der Waals surface area contributed by atoms with Crippen LogP contribution in [0.5, 0.6) is 0 Å². The van der Waals surface area contributed by atoms with Gasteiger partial charge >= 0.3 is 0 Å². The van der Waals surface area contributed by atoms with E-state index in [4.69, 9.17) is 0 Å². The van der Waals surface area contributed by atoms with E-state index < -0.39 is 6.23 Å². The van der Waals surface area contributed by atoms with E-state index in [-0.39, 0.29) is 0 Å². The van der Waals surface area contributed by atoms with Crippen LogP contribution in [0.15, 0.2) is 30.3 Å². The van der Waals surface area contributed by atoms with Gasteiger partial charge in [-0.3, -0.25) is 0 Å². The van der Waals surface area contributed by atoms with Gasteiger partial charge in [-0.2, -0.15) is 0 Å². The number of hydrogen-bond acceptors (Lipinski definition) is 2. The summed E-state index contributed by atoms with van der Waals surface area (Å²) in [5.74, 6) is 0. The second-order valence-corrected chi connectivity index (χ2v) is 2.94. The van der Waals surface area contributed by atoms with Crippen molar-refractivity contribution in [3.8, 4) is 0 Å². The molecular weight excluding hydrogens is 150 g/mol. The molecule has 1 atom stereocenters. The quantitative estimate of drug-likeness (QED) is 0.622. The van der Waals surface area contributed by atoms with Gasteiger partial charge in [0.2, 0.25) is 0 Å². The summed E-state index contributed by atoms with van der Waals surface area (Å²) in [6, 6.07) is 8.01. The maximum atomic E-state index is 9.46. The number of hydrogen-bond donors (Lipinski definition) is 1. The zero-order valence-corrected chi connectivity index (χ0v) is 6.94. The SMILES string of the molecule is CN1c2ccccc2C=CC1O. The van der Waals surface area contributed by atoms with E-state index in [9.17, 15) is 5.11 Å². The van der Waals surface area contributed by atoms with Crippen molar-refractivity contribution in [1.82, 2.24) is 0 Å². The minimum atomic E-state index is -0.486. The van der Waals surface area contributed by atoms with E-state index in [0.717, 1.165) is 11.3 Å². The van der Waals surface area contributed by atoms with Gasteiger partial charge in [0.05, 0.1) is 0 Å². The Labute approximate surface area is 71.7 Å². The summed E-state index contributed by atoms with van der Waals surface area (Å²) in [5.41, 5.74) is 2.23. The van der Waals surface area contributed by atoms with Crippen molar-refractivity contribution in [2.24, 2.45) is 0 Å². The molecule has 0 radical (unpaired) electrons. The van der Waals surface area contributed by atoms with E-state index in [1.54, 1.807) is 6.08 Å². The minimum Gasteiger partial charge on any atom is -0.370 e. The Morgan fingerprint density at radius 1 is 1.33 bits per heavy atom. The number of likely N-dealkylation sites (N-methyl/N-ethyl adjacent to an activating group) is 1. The van der Waals surface area contributed by atoms with Gasteiger partial charge in [-0.15, -0.1) is 0 Å². The number of aliphatic hydroxyl groups is 1. The molecule has 12 heavy (non-hydrogen) atoms. The van der Waals surface area contributed by atoms with Gasteiger partial charge in [-0.05, 0) is 17.7 Å². The Hall–Kier alpha value is -1.28. The Morgan fingerprint density at radius 2 is 2.08 bits per heavy atom. The number of fused-ring (bicyclic) bond motifs is 1. The van der Waals surface area contributed by atoms with Gasteiger partial charge < -0.3 is 10.0 Å². The van der Waals surface area contributed by atoms with Gasteiger partial charge in [0.1, 0.15) is 6.23 Å². The summed E-state index contributed by atoms with van der Waals surface area (Å²) >= 11 is 0. The zero-order valence-electron chi connectivity index (χ0n) is 6.94. The van der Waals surface area contributed by atoms with E-state index in [1.165, 1.54) is 0 Å². The first-order valence-corrected chi connectivity index (χ1v) is 3.97. The highest BCUT2D eigenvalue weighted by molar-refractivity contribution is 5.71. The molecule has 1 aliphatic rings. The van der Waals surface area contributed by atoms with E-state index >= 15 is 0 Å². The average Bonchev–Trinajstić information content (AvgIpc) is 2.12. The maximum Gasteiger partial charge on any atom is 0.146 e. The van der Waals surface area contributed by atoms with Gasteiger partial charge in [-0.1, -0.05) is 24.3 Å². The zero-order chi connectivity index (χ0) is 8.55.